The van der Waals surface area contributed by atoms with Gasteiger partial charge in [-0.2, -0.15) is 4.57 Å². The maximum absolute atomic E-state index is 13.9. The number of fused-ring (bicyclic) bond motifs is 2. The van der Waals surface area contributed by atoms with Gasteiger partial charge >= 0.3 is 5.97 Å². The van der Waals surface area contributed by atoms with Crippen molar-refractivity contribution in [2.45, 2.75) is 59.4 Å². The van der Waals surface area contributed by atoms with Crippen molar-refractivity contribution in [2.75, 3.05) is 18.8 Å². The number of rotatable bonds is 14. The van der Waals surface area contributed by atoms with Gasteiger partial charge in [-0.25, -0.2) is 13.2 Å². The van der Waals surface area contributed by atoms with E-state index in [4.69, 9.17) is 4.74 Å². The van der Waals surface area contributed by atoms with E-state index in [1.807, 2.05) is 53.1 Å². The lowest BCUT2D eigenvalue weighted by Gasteiger charge is -2.15. The second-order valence-corrected chi connectivity index (χ2v) is 12.7. The standard InChI is InChI=1S/C34H39N3O7S/c1-23-21-26(33(39)36-18-11-5-4-10-17-35-25(3)38)22-24(2)32(23)44-34(40)31-27-13-6-8-15-29(27)37(19-12-20-45(41,42)43)30-16-9-7-14-28(30)31/h6-9,13-16,21-22H,4-5,10-12,17-20H2,1-3H3,(H2-,35,36,38,39,41,42,43). The van der Waals surface area contributed by atoms with Gasteiger partial charge in [0.15, 0.2) is 6.54 Å². The van der Waals surface area contributed by atoms with E-state index in [-0.39, 0.29) is 24.8 Å². The van der Waals surface area contributed by atoms with Crippen molar-refractivity contribution >= 4 is 49.7 Å². The molecule has 0 saturated heterocycles. The van der Waals surface area contributed by atoms with E-state index in [1.165, 1.54) is 6.92 Å². The molecule has 0 unspecified atom stereocenters. The number of amides is 2. The minimum Gasteiger partial charge on any atom is -0.748 e. The molecule has 4 aromatic rings. The molecule has 0 atom stereocenters. The summed E-state index contributed by atoms with van der Waals surface area (Å²) >= 11 is 0. The monoisotopic (exact) mass is 633 g/mol. The number of nitrogens with one attached hydrogen (secondary N) is 2. The van der Waals surface area contributed by atoms with Gasteiger partial charge < -0.3 is 19.9 Å². The van der Waals surface area contributed by atoms with E-state index < -0.39 is 21.8 Å². The number of aryl methyl sites for hydroxylation is 3. The Bertz CT molecular complexity index is 1760. The van der Waals surface area contributed by atoms with E-state index in [1.54, 1.807) is 26.0 Å². The molecule has 0 spiro atoms. The second kappa shape index (κ2) is 15.1. The fourth-order valence-electron chi connectivity index (χ4n) is 5.53. The Labute approximate surface area is 263 Å². The first kappa shape index (κ1) is 33.5. The number of esters is 1. The summed E-state index contributed by atoms with van der Waals surface area (Å²) in [4.78, 5) is 37.6. The highest BCUT2D eigenvalue weighted by Gasteiger charge is 2.26. The van der Waals surface area contributed by atoms with Gasteiger partial charge in [-0.15, -0.1) is 0 Å². The van der Waals surface area contributed by atoms with Crippen LogP contribution < -0.4 is 19.9 Å². The number of carbonyl (C=O) groups is 3. The van der Waals surface area contributed by atoms with Crippen LogP contribution >= 0.6 is 0 Å². The minimum absolute atomic E-state index is 0.0319. The molecular weight excluding hydrogens is 594 g/mol. The highest BCUT2D eigenvalue weighted by atomic mass is 32.2. The Morgan fingerprint density at radius 2 is 1.33 bits per heavy atom. The summed E-state index contributed by atoms with van der Waals surface area (Å²) in [7, 11) is -4.36. The molecule has 0 aliphatic carbocycles. The third-order valence-corrected chi connectivity index (χ3v) is 8.38. The Morgan fingerprint density at radius 3 is 1.87 bits per heavy atom. The van der Waals surface area contributed by atoms with Crippen LogP contribution in [0.3, 0.4) is 0 Å². The minimum atomic E-state index is -4.36. The predicted octanol–water partition coefficient (Wildman–Crippen LogP) is 4.48. The van der Waals surface area contributed by atoms with Gasteiger partial charge in [0.2, 0.25) is 16.9 Å². The number of carbonyl (C=O) groups excluding carboxylic acids is 3. The third-order valence-electron chi connectivity index (χ3n) is 7.59. The average molecular weight is 634 g/mol. The fraction of sp³-hybridized carbons (Fsp3) is 0.353. The average Bonchev–Trinajstić information content (AvgIpc) is 2.98. The van der Waals surface area contributed by atoms with Crippen molar-refractivity contribution in [3.05, 3.63) is 82.9 Å². The Kier molecular flexibility index (Phi) is 11.2. The lowest BCUT2D eigenvalue weighted by Crippen LogP contribution is -2.37. The maximum Gasteiger partial charge on any atom is 0.345 e. The highest BCUT2D eigenvalue weighted by molar-refractivity contribution is 7.85. The Hall–Kier alpha value is -4.35. The maximum atomic E-state index is 13.9. The second-order valence-electron chi connectivity index (χ2n) is 11.2. The van der Waals surface area contributed by atoms with E-state index >= 15 is 0 Å². The molecule has 0 bridgehead atoms. The van der Waals surface area contributed by atoms with E-state index in [0.29, 0.717) is 62.9 Å². The number of hydrogen-bond acceptors (Lipinski definition) is 7. The van der Waals surface area contributed by atoms with Gasteiger partial charge in [0.05, 0.1) is 26.5 Å². The van der Waals surface area contributed by atoms with Crippen molar-refractivity contribution in [2.24, 2.45) is 0 Å². The van der Waals surface area contributed by atoms with Gasteiger partial charge in [-0.3, -0.25) is 9.59 Å². The Balaban J connectivity index is 1.52. The molecule has 11 heteroatoms. The van der Waals surface area contributed by atoms with Crippen molar-refractivity contribution in [1.29, 1.82) is 0 Å². The lowest BCUT2D eigenvalue weighted by atomic mass is 10.0. The van der Waals surface area contributed by atoms with Crippen LogP contribution in [0.4, 0.5) is 0 Å². The summed E-state index contributed by atoms with van der Waals surface area (Å²) in [5.41, 5.74) is 3.55. The lowest BCUT2D eigenvalue weighted by molar-refractivity contribution is -0.645. The van der Waals surface area contributed by atoms with Crippen molar-refractivity contribution in [1.82, 2.24) is 10.6 Å². The van der Waals surface area contributed by atoms with E-state index in [2.05, 4.69) is 10.6 Å². The summed E-state index contributed by atoms with van der Waals surface area (Å²) in [5.74, 6) is -0.901. The summed E-state index contributed by atoms with van der Waals surface area (Å²) < 4.78 is 41.6. The highest BCUT2D eigenvalue weighted by Crippen LogP contribution is 2.30. The summed E-state index contributed by atoms with van der Waals surface area (Å²) in [5, 5.41) is 6.99. The van der Waals surface area contributed by atoms with E-state index in [0.717, 1.165) is 25.7 Å². The van der Waals surface area contributed by atoms with Crippen molar-refractivity contribution in [3.63, 3.8) is 0 Å². The summed E-state index contributed by atoms with van der Waals surface area (Å²) in [6, 6.07) is 18.0. The molecule has 10 nitrogen and oxygen atoms in total. The zero-order valence-electron chi connectivity index (χ0n) is 25.9. The number of hydrogen-bond donors (Lipinski definition) is 2. The molecule has 0 aliphatic heterocycles. The number of ether oxygens (including phenoxy) is 1. The molecule has 3 aromatic carbocycles. The number of para-hydroxylation sites is 2. The third kappa shape index (κ3) is 8.86. The number of benzene rings is 3. The molecule has 45 heavy (non-hydrogen) atoms. The first-order valence-electron chi connectivity index (χ1n) is 15.1. The largest absolute Gasteiger partial charge is 0.748 e. The van der Waals surface area contributed by atoms with Crippen LogP contribution in [-0.4, -0.2) is 49.6 Å². The quantitative estimate of drug-likeness (QED) is 0.0520. The smallest absolute Gasteiger partial charge is 0.345 e. The first-order chi connectivity index (χ1) is 21.5. The first-order valence-corrected chi connectivity index (χ1v) is 16.7. The topological polar surface area (TPSA) is 146 Å². The van der Waals surface area contributed by atoms with E-state index in [9.17, 15) is 27.4 Å². The zero-order chi connectivity index (χ0) is 32.6. The molecule has 0 aliphatic rings. The van der Waals surface area contributed by atoms with Gasteiger partial charge in [0.25, 0.3) is 5.91 Å². The molecule has 4 rings (SSSR count). The van der Waals surface area contributed by atoms with Crippen LogP contribution in [-0.2, 0) is 21.5 Å². The molecule has 0 fully saturated rings. The van der Waals surface area contributed by atoms with Crippen LogP contribution in [0.25, 0.3) is 21.8 Å². The van der Waals surface area contributed by atoms with Gasteiger partial charge in [-0.05, 0) is 62.1 Å². The van der Waals surface area contributed by atoms with Crippen molar-refractivity contribution in [3.8, 4) is 5.75 Å². The predicted molar refractivity (Wildman–Crippen MR) is 171 cm³/mol. The molecule has 2 amide bonds. The number of aromatic nitrogens is 1. The Morgan fingerprint density at radius 1 is 0.800 bits per heavy atom. The van der Waals surface area contributed by atoms with Crippen molar-refractivity contribution < 1.29 is 36.7 Å². The number of nitrogens with zero attached hydrogens (tertiary/aromatic N) is 1. The van der Waals surface area contributed by atoms with Crippen LogP contribution in [0.1, 0.15) is 70.9 Å². The van der Waals surface area contributed by atoms with Crippen LogP contribution in [0.2, 0.25) is 0 Å². The molecule has 0 saturated carbocycles. The van der Waals surface area contributed by atoms with Crippen LogP contribution in [0.15, 0.2) is 60.7 Å². The summed E-state index contributed by atoms with van der Waals surface area (Å²) in [6.45, 7) is 6.55. The van der Waals surface area contributed by atoms with Crippen LogP contribution in [0.5, 0.6) is 5.75 Å². The molecule has 1 aromatic heterocycles. The molecule has 238 valence electrons. The molecule has 2 N–H and O–H groups in total. The molecular formula is C34H39N3O7S. The normalized spacial score (nSPS) is 11.5. The number of unbranched alkanes of at least 4 members (excludes halogenated alkanes) is 3. The van der Waals surface area contributed by atoms with Gasteiger partial charge in [-0.1, -0.05) is 37.1 Å². The fourth-order valence-corrected chi connectivity index (χ4v) is 6.02. The summed E-state index contributed by atoms with van der Waals surface area (Å²) in [6.07, 6.45) is 3.77. The SMILES string of the molecule is CC(=O)NCCCCCCNC(=O)c1cc(C)c(OC(=O)c2c3ccccc3[n+](CCCS(=O)(=O)[O-])c3ccccc23)c(C)c1. The number of pyridine rings is 1. The molecule has 1 heterocycles. The zero-order valence-corrected chi connectivity index (χ0v) is 26.7. The van der Waals surface area contributed by atoms with Gasteiger partial charge in [0.1, 0.15) is 5.75 Å². The van der Waals surface area contributed by atoms with Gasteiger partial charge in [0, 0.05) is 49.9 Å². The van der Waals surface area contributed by atoms with Crippen LogP contribution in [0, 0.1) is 13.8 Å². The molecule has 0 radical (unpaired) electrons.